The largest absolute Gasteiger partial charge is 0.273 e. The minimum atomic E-state index is 0.514. The van der Waals surface area contributed by atoms with Crippen molar-refractivity contribution in [1.29, 1.82) is 0 Å². The highest BCUT2D eigenvalue weighted by molar-refractivity contribution is 4.67. The van der Waals surface area contributed by atoms with Gasteiger partial charge in [0.15, 0.2) is 0 Å². The number of hydrogen-bond acceptors (Lipinski definition) is 3. The van der Waals surface area contributed by atoms with Gasteiger partial charge < -0.3 is 0 Å². The van der Waals surface area contributed by atoms with Crippen molar-refractivity contribution in [2.24, 2.45) is 0 Å². The standard InChI is InChI=1S/C6H15N3/c1-4-9-5-8(3)7-6(9)2/h6-7H,4-5H2,1-3H3. The molecule has 0 radical (unpaired) electrons. The molecule has 9 heavy (non-hydrogen) atoms. The van der Waals surface area contributed by atoms with E-state index in [1.54, 1.807) is 0 Å². The van der Waals surface area contributed by atoms with Gasteiger partial charge in [-0.25, -0.2) is 10.4 Å². The molecule has 1 N–H and O–H groups in total. The van der Waals surface area contributed by atoms with E-state index < -0.39 is 0 Å². The Bertz CT molecular complexity index is 94.3. The Morgan fingerprint density at radius 3 is 2.56 bits per heavy atom. The van der Waals surface area contributed by atoms with E-state index >= 15 is 0 Å². The van der Waals surface area contributed by atoms with Crippen LogP contribution in [0.25, 0.3) is 0 Å². The molecule has 0 aromatic carbocycles. The molecule has 1 unspecified atom stereocenters. The summed E-state index contributed by atoms with van der Waals surface area (Å²) >= 11 is 0. The second-order valence-electron chi connectivity index (χ2n) is 2.55. The number of nitrogens with zero attached hydrogens (tertiary/aromatic N) is 2. The first-order valence-corrected chi connectivity index (χ1v) is 3.45. The van der Waals surface area contributed by atoms with Crippen molar-refractivity contribution in [2.45, 2.75) is 20.0 Å². The maximum Gasteiger partial charge on any atom is 0.0713 e. The third-order valence-corrected chi connectivity index (χ3v) is 1.75. The van der Waals surface area contributed by atoms with Gasteiger partial charge in [0, 0.05) is 7.05 Å². The van der Waals surface area contributed by atoms with Crippen LogP contribution >= 0.6 is 0 Å². The lowest BCUT2D eigenvalue weighted by molar-refractivity contribution is 0.255. The molecule has 0 aromatic rings. The number of hydrogen-bond donors (Lipinski definition) is 1. The molecular formula is C6H15N3. The number of rotatable bonds is 1. The molecule has 1 saturated heterocycles. The highest BCUT2D eigenvalue weighted by Crippen LogP contribution is 2.02. The summed E-state index contributed by atoms with van der Waals surface area (Å²) < 4.78 is 0. The van der Waals surface area contributed by atoms with Crippen LogP contribution in [0.5, 0.6) is 0 Å². The van der Waals surface area contributed by atoms with E-state index in [0.717, 1.165) is 13.2 Å². The maximum absolute atomic E-state index is 3.28. The van der Waals surface area contributed by atoms with Gasteiger partial charge in [0.05, 0.1) is 12.8 Å². The SMILES string of the molecule is CCN1CN(C)NC1C. The van der Waals surface area contributed by atoms with Crippen molar-refractivity contribution in [3.8, 4) is 0 Å². The fourth-order valence-electron chi connectivity index (χ4n) is 1.21. The molecule has 1 heterocycles. The van der Waals surface area contributed by atoms with Crippen molar-refractivity contribution < 1.29 is 0 Å². The first-order valence-electron chi connectivity index (χ1n) is 3.45. The Kier molecular flexibility index (Phi) is 2.05. The quantitative estimate of drug-likeness (QED) is 0.540. The summed E-state index contributed by atoms with van der Waals surface area (Å²) in [6.45, 7) is 6.51. The molecule has 0 bridgehead atoms. The Hall–Kier alpha value is -0.120. The van der Waals surface area contributed by atoms with Gasteiger partial charge in [0.1, 0.15) is 0 Å². The van der Waals surface area contributed by atoms with E-state index in [2.05, 4.69) is 36.2 Å². The Morgan fingerprint density at radius 2 is 2.33 bits per heavy atom. The average molecular weight is 129 g/mol. The zero-order valence-electron chi connectivity index (χ0n) is 6.39. The molecule has 0 aliphatic carbocycles. The third kappa shape index (κ3) is 1.41. The van der Waals surface area contributed by atoms with Crippen LogP contribution in [0.2, 0.25) is 0 Å². The highest BCUT2D eigenvalue weighted by atomic mass is 15.7. The summed E-state index contributed by atoms with van der Waals surface area (Å²) in [5, 5.41) is 2.11. The normalized spacial score (nSPS) is 31.7. The van der Waals surface area contributed by atoms with Crippen LogP contribution in [0.3, 0.4) is 0 Å². The molecule has 3 nitrogen and oxygen atoms in total. The zero-order valence-corrected chi connectivity index (χ0v) is 6.39. The fraction of sp³-hybridized carbons (Fsp3) is 1.00. The fourth-order valence-corrected chi connectivity index (χ4v) is 1.21. The lowest BCUT2D eigenvalue weighted by Crippen LogP contribution is -2.33. The lowest BCUT2D eigenvalue weighted by Gasteiger charge is -2.15. The lowest BCUT2D eigenvalue weighted by atomic mass is 10.5. The average Bonchev–Trinajstić information content (AvgIpc) is 2.10. The van der Waals surface area contributed by atoms with E-state index in [9.17, 15) is 0 Å². The maximum atomic E-state index is 3.28. The summed E-state index contributed by atoms with van der Waals surface area (Å²) in [5.41, 5.74) is 3.28. The molecule has 1 fully saturated rings. The van der Waals surface area contributed by atoms with E-state index in [4.69, 9.17) is 0 Å². The van der Waals surface area contributed by atoms with Gasteiger partial charge in [-0.3, -0.25) is 4.90 Å². The van der Waals surface area contributed by atoms with Crippen molar-refractivity contribution >= 4 is 0 Å². The van der Waals surface area contributed by atoms with Crippen molar-refractivity contribution in [3.63, 3.8) is 0 Å². The second-order valence-corrected chi connectivity index (χ2v) is 2.55. The molecule has 1 aliphatic heterocycles. The molecule has 0 aromatic heterocycles. The smallest absolute Gasteiger partial charge is 0.0713 e. The van der Waals surface area contributed by atoms with Crippen molar-refractivity contribution in [2.75, 3.05) is 20.3 Å². The van der Waals surface area contributed by atoms with Crippen LogP contribution in [0.15, 0.2) is 0 Å². The van der Waals surface area contributed by atoms with E-state index in [-0.39, 0.29) is 0 Å². The van der Waals surface area contributed by atoms with Crippen LogP contribution in [0.1, 0.15) is 13.8 Å². The summed E-state index contributed by atoms with van der Waals surface area (Å²) in [6.07, 6.45) is 0.514. The minimum absolute atomic E-state index is 0.514. The molecule has 1 rings (SSSR count). The van der Waals surface area contributed by atoms with Gasteiger partial charge in [-0.05, 0) is 13.5 Å². The first-order chi connectivity index (χ1) is 4.24. The van der Waals surface area contributed by atoms with Crippen LogP contribution in [0, 0.1) is 0 Å². The van der Waals surface area contributed by atoms with Crippen LogP contribution in [-0.2, 0) is 0 Å². The summed E-state index contributed by atoms with van der Waals surface area (Å²) in [6, 6.07) is 0. The van der Waals surface area contributed by atoms with Crippen molar-refractivity contribution in [1.82, 2.24) is 15.3 Å². The summed E-state index contributed by atoms with van der Waals surface area (Å²) in [5.74, 6) is 0. The molecule has 0 amide bonds. The van der Waals surface area contributed by atoms with E-state index in [1.165, 1.54) is 0 Å². The highest BCUT2D eigenvalue weighted by Gasteiger charge is 2.20. The topological polar surface area (TPSA) is 18.5 Å². The van der Waals surface area contributed by atoms with Crippen molar-refractivity contribution in [3.05, 3.63) is 0 Å². The molecule has 3 heteroatoms. The van der Waals surface area contributed by atoms with Gasteiger partial charge in [-0.1, -0.05) is 6.92 Å². The third-order valence-electron chi connectivity index (χ3n) is 1.75. The monoisotopic (exact) mass is 129 g/mol. The molecule has 54 valence electrons. The summed E-state index contributed by atoms with van der Waals surface area (Å²) in [7, 11) is 2.06. The van der Waals surface area contributed by atoms with E-state index in [0.29, 0.717) is 6.17 Å². The predicted octanol–water partition coefficient (Wildman–Crippen LogP) is 0.0618. The molecule has 1 aliphatic rings. The van der Waals surface area contributed by atoms with Crippen LogP contribution < -0.4 is 5.43 Å². The Balaban J connectivity index is 2.38. The minimum Gasteiger partial charge on any atom is -0.273 e. The van der Waals surface area contributed by atoms with Gasteiger partial charge >= 0.3 is 0 Å². The Labute approximate surface area is 56.6 Å². The second kappa shape index (κ2) is 2.64. The Morgan fingerprint density at radius 1 is 1.67 bits per heavy atom. The number of nitrogens with one attached hydrogen (secondary N) is 1. The first kappa shape index (κ1) is 6.99. The summed E-state index contributed by atoms with van der Waals surface area (Å²) in [4.78, 5) is 2.36. The zero-order chi connectivity index (χ0) is 6.85. The molecular weight excluding hydrogens is 114 g/mol. The van der Waals surface area contributed by atoms with Gasteiger partial charge in [0.25, 0.3) is 0 Å². The van der Waals surface area contributed by atoms with Gasteiger partial charge in [0.2, 0.25) is 0 Å². The molecule has 1 atom stereocenters. The number of hydrazine groups is 1. The molecule has 0 saturated carbocycles. The van der Waals surface area contributed by atoms with E-state index in [1.807, 2.05) is 0 Å². The van der Waals surface area contributed by atoms with Crippen LogP contribution in [-0.4, -0.2) is 36.3 Å². The predicted molar refractivity (Wildman–Crippen MR) is 37.6 cm³/mol. The van der Waals surface area contributed by atoms with Gasteiger partial charge in [-0.2, -0.15) is 0 Å². The molecule has 0 spiro atoms. The van der Waals surface area contributed by atoms with Gasteiger partial charge in [-0.15, -0.1) is 0 Å². The van der Waals surface area contributed by atoms with Crippen LogP contribution in [0.4, 0.5) is 0 Å².